The number of fused-ring (bicyclic) bond motifs is 1. The number of ether oxygens (including phenoxy) is 3. The van der Waals surface area contributed by atoms with E-state index in [1.54, 1.807) is 0 Å². The lowest BCUT2D eigenvalue weighted by Crippen LogP contribution is -2.47. The second-order valence-corrected chi connectivity index (χ2v) is 15.9. The molecule has 0 bridgehead atoms. The molecule has 2 unspecified atom stereocenters. The fraction of sp³-hybridized carbons (Fsp3) is 0.517. The number of aliphatic hydroxyl groups is 1. The average Bonchev–Trinajstić information content (AvgIpc) is 3.83. The number of aliphatic hydroxyl groups excluding tert-OH is 1. The first-order valence-electron chi connectivity index (χ1n) is 16.7. The number of carbonyl (C=O) groups is 3. The van der Waals surface area contributed by atoms with Gasteiger partial charge in [0.15, 0.2) is 28.9 Å². The number of rotatable bonds is 18. The molecule has 0 radical (unpaired) electrons. The SMILES string of the molecule is C=CCCC(=O)NC(CC(=O)SC)C(=O)O[C@H]1[C@@H](O)[C@H](n2cnc3c(N)ncnc32)O[C@@H]1COP(=O)(O)O[C@H]1C[C@H](n2ccc(N)nc2=O)O[C@@H]1COP(=O)(O)O. The summed E-state index contributed by atoms with van der Waals surface area (Å²) in [7, 11) is -10.3. The number of nitrogen functional groups attached to an aromatic ring is 2. The van der Waals surface area contributed by atoms with Crippen LogP contribution in [0, 0.1) is 0 Å². The van der Waals surface area contributed by atoms with E-state index in [0.29, 0.717) is 0 Å². The highest BCUT2D eigenvalue weighted by Crippen LogP contribution is 2.50. The Balaban J connectivity index is 1.38. The lowest BCUT2D eigenvalue weighted by molar-refractivity contribution is -0.160. The third-order valence-electron chi connectivity index (χ3n) is 8.44. The van der Waals surface area contributed by atoms with Crippen LogP contribution in [0.25, 0.3) is 11.2 Å². The maximum atomic E-state index is 13.6. The van der Waals surface area contributed by atoms with Gasteiger partial charge in [-0.2, -0.15) is 4.98 Å². The minimum Gasteiger partial charge on any atom is -0.455 e. The highest BCUT2D eigenvalue weighted by molar-refractivity contribution is 8.13. The molecule has 2 aliphatic rings. The van der Waals surface area contributed by atoms with E-state index < -0.39 is 107 Å². The van der Waals surface area contributed by atoms with Crippen molar-refractivity contribution in [2.24, 2.45) is 0 Å². The second kappa shape index (κ2) is 18.6. The predicted octanol–water partition coefficient (Wildman–Crippen LogP) is -0.953. The van der Waals surface area contributed by atoms with Crippen LogP contribution < -0.4 is 22.5 Å². The van der Waals surface area contributed by atoms with Gasteiger partial charge in [0.25, 0.3) is 0 Å². The van der Waals surface area contributed by atoms with Crippen molar-refractivity contribution in [3.05, 3.63) is 48.1 Å². The van der Waals surface area contributed by atoms with Gasteiger partial charge in [-0.15, -0.1) is 6.58 Å². The lowest BCUT2D eigenvalue weighted by Gasteiger charge is -2.25. The molecule has 0 aromatic carbocycles. The van der Waals surface area contributed by atoms with Crippen molar-refractivity contribution in [3.63, 3.8) is 0 Å². The Bertz CT molecular complexity index is 2120. The largest absolute Gasteiger partial charge is 0.472 e. The maximum Gasteiger partial charge on any atom is 0.472 e. The molecule has 5 heterocycles. The number of anilines is 2. The number of imidazole rings is 1. The zero-order chi connectivity index (χ0) is 41.7. The normalized spacial score (nSPS) is 25.2. The monoisotopic (exact) mass is 863 g/mol. The van der Waals surface area contributed by atoms with Gasteiger partial charge in [0.05, 0.1) is 19.5 Å². The van der Waals surface area contributed by atoms with Gasteiger partial charge in [-0.05, 0) is 18.7 Å². The molecule has 57 heavy (non-hydrogen) atoms. The van der Waals surface area contributed by atoms with Crippen molar-refractivity contribution in [1.82, 2.24) is 34.4 Å². The molecule has 2 aliphatic heterocycles. The Hall–Kier alpha value is -4.17. The van der Waals surface area contributed by atoms with E-state index in [1.165, 1.54) is 35.5 Å². The van der Waals surface area contributed by atoms with E-state index in [0.717, 1.165) is 22.7 Å². The summed E-state index contributed by atoms with van der Waals surface area (Å²) in [4.78, 5) is 96.0. The van der Waals surface area contributed by atoms with Crippen LogP contribution in [-0.2, 0) is 51.3 Å². The minimum atomic E-state index is -5.23. The Morgan fingerprint density at radius 1 is 1.12 bits per heavy atom. The standard InChI is InChI=1S/C29H39N9O16P2S/c1-3-4-5-19(39)35-14(8-21(40)57-2)28(42)53-24-17(52-27(23(24)41)38-13-34-22-25(31)32-12-33-26(22)38)11-50-56(47,48)54-15-9-20(37-7-6-18(30)36-29(37)43)51-16(15)10-49-55(44,45)46/h3,6-7,12-17,20,23-24,27,41H,1,4-5,8-11H2,2H3,(H,35,39)(H,47,48)(H2,30,36,43)(H2,31,32,33)(H2,44,45,46)/t14?,15-,16+,17+,20+,23+,24+,27+/m0/s1. The summed E-state index contributed by atoms with van der Waals surface area (Å²) in [6.07, 6.45) is -4.85. The molecule has 1 amide bonds. The van der Waals surface area contributed by atoms with Crippen LogP contribution in [0.2, 0.25) is 0 Å². The van der Waals surface area contributed by atoms with Crippen LogP contribution in [-0.4, -0.2) is 122 Å². The van der Waals surface area contributed by atoms with E-state index in [4.69, 9.17) is 34.7 Å². The van der Waals surface area contributed by atoms with Crippen molar-refractivity contribution in [2.75, 3.05) is 30.9 Å². The van der Waals surface area contributed by atoms with Gasteiger partial charge in [0.2, 0.25) is 5.91 Å². The molecular weight excluding hydrogens is 824 g/mol. The molecular formula is C29H39N9O16P2S. The van der Waals surface area contributed by atoms with Crippen molar-refractivity contribution in [2.45, 2.75) is 74.7 Å². The van der Waals surface area contributed by atoms with Crippen molar-refractivity contribution < 1.29 is 71.1 Å². The number of carbonyl (C=O) groups excluding carboxylic acids is 3. The molecule has 5 rings (SSSR count). The summed E-state index contributed by atoms with van der Waals surface area (Å²) in [6, 6.07) is -0.253. The first-order valence-corrected chi connectivity index (χ1v) is 20.9. The van der Waals surface area contributed by atoms with E-state index in [9.17, 15) is 48.1 Å². The second-order valence-electron chi connectivity index (χ2n) is 12.4. The van der Waals surface area contributed by atoms with Crippen molar-refractivity contribution >= 4 is 67.2 Å². The van der Waals surface area contributed by atoms with E-state index in [2.05, 4.69) is 36.4 Å². The molecule has 0 saturated carbocycles. The number of thioether (sulfide) groups is 1. The van der Waals surface area contributed by atoms with Crippen LogP contribution in [0.4, 0.5) is 11.6 Å². The first-order chi connectivity index (χ1) is 26.9. The number of nitrogens with two attached hydrogens (primary N) is 2. The number of nitrogens with one attached hydrogen (secondary N) is 1. The number of hydrogen-bond acceptors (Lipinski definition) is 20. The molecule has 3 aromatic heterocycles. The molecule has 0 spiro atoms. The molecule has 9 N–H and O–H groups in total. The van der Waals surface area contributed by atoms with E-state index in [-0.39, 0.29) is 42.1 Å². The van der Waals surface area contributed by atoms with Gasteiger partial charge >= 0.3 is 27.3 Å². The average molecular weight is 864 g/mol. The fourth-order valence-corrected chi connectivity index (χ4v) is 7.40. The van der Waals surface area contributed by atoms with Crippen LogP contribution in [0.5, 0.6) is 0 Å². The van der Waals surface area contributed by atoms with Gasteiger partial charge in [0, 0.05) is 25.5 Å². The number of amides is 1. The van der Waals surface area contributed by atoms with Crippen LogP contribution >= 0.6 is 27.4 Å². The molecule has 25 nitrogen and oxygen atoms in total. The Kier molecular flexibility index (Phi) is 14.3. The molecule has 28 heteroatoms. The zero-order valence-corrected chi connectivity index (χ0v) is 32.4. The summed E-state index contributed by atoms with van der Waals surface area (Å²) >= 11 is 0.794. The first kappa shape index (κ1) is 43.9. The summed E-state index contributed by atoms with van der Waals surface area (Å²) in [6.45, 7) is 1.75. The molecule has 3 aromatic rings. The van der Waals surface area contributed by atoms with E-state index >= 15 is 0 Å². The van der Waals surface area contributed by atoms with Gasteiger partial charge in [-0.3, -0.25) is 32.3 Å². The molecule has 312 valence electrons. The van der Waals surface area contributed by atoms with E-state index in [1.807, 2.05) is 0 Å². The predicted molar refractivity (Wildman–Crippen MR) is 194 cm³/mol. The molecule has 9 atom stereocenters. The van der Waals surface area contributed by atoms with Gasteiger partial charge in [0.1, 0.15) is 54.3 Å². The smallest absolute Gasteiger partial charge is 0.455 e. The highest BCUT2D eigenvalue weighted by Gasteiger charge is 2.50. The number of aromatic nitrogens is 6. The van der Waals surface area contributed by atoms with Crippen molar-refractivity contribution in [1.29, 1.82) is 0 Å². The number of phosphoric ester groups is 2. The quantitative estimate of drug-likeness (QED) is 0.0460. The molecule has 2 fully saturated rings. The Labute approximate surface area is 325 Å². The summed E-state index contributed by atoms with van der Waals surface area (Å²) < 4.78 is 59.5. The third-order valence-corrected chi connectivity index (χ3v) is 10.6. The zero-order valence-electron chi connectivity index (χ0n) is 29.8. The van der Waals surface area contributed by atoms with Gasteiger partial charge < -0.3 is 50.8 Å². The summed E-state index contributed by atoms with van der Waals surface area (Å²) in [5, 5.41) is 13.5. The van der Waals surface area contributed by atoms with Crippen molar-refractivity contribution in [3.8, 4) is 0 Å². The van der Waals surface area contributed by atoms with Crippen LogP contribution in [0.1, 0.15) is 38.1 Å². The summed E-state index contributed by atoms with van der Waals surface area (Å²) in [5.74, 6) is -1.89. The molecule has 0 aliphatic carbocycles. The summed E-state index contributed by atoms with van der Waals surface area (Å²) in [5.41, 5.74) is 10.8. The number of nitrogens with zero attached hydrogens (tertiary/aromatic N) is 6. The highest BCUT2D eigenvalue weighted by atomic mass is 32.2. The fourth-order valence-electron chi connectivity index (χ4n) is 5.76. The van der Waals surface area contributed by atoms with Crippen LogP contribution in [0.15, 0.2) is 42.4 Å². The topological polar surface area (TPSA) is 364 Å². The number of phosphoric acid groups is 2. The third kappa shape index (κ3) is 11.3. The van der Waals surface area contributed by atoms with Crippen LogP contribution in [0.3, 0.4) is 0 Å². The maximum absolute atomic E-state index is 13.6. The lowest BCUT2D eigenvalue weighted by atomic mass is 10.1. The van der Waals surface area contributed by atoms with Gasteiger partial charge in [-0.1, -0.05) is 17.8 Å². The molecule has 2 saturated heterocycles. The minimum absolute atomic E-state index is 0.0128. The number of hydrogen-bond donors (Lipinski definition) is 7. The number of allylic oxidation sites excluding steroid dienone is 1. The Morgan fingerprint density at radius 3 is 2.54 bits per heavy atom. The Morgan fingerprint density at radius 2 is 1.86 bits per heavy atom. The van der Waals surface area contributed by atoms with Gasteiger partial charge in [-0.25, -0.2) is 33.7 Å². The number of esters is 1.